The van der Waals surface area contributed by atoms with Gasteiger partial charge in [0.05, 0.1) is 0 Å². The van der Waals surface area contributed by atoms with E-state index in [2.05, 4.69) is 70.4 Å². The quantitative estimate of drug-likeness (QED) is 0.867. The van der Waals surface area contributed by atoms with E-state index >= 15 is 0 Å². The lowest BCUT2D eigenvalue weighted by Crippen LogP contribution is -2.33. The Labute approximate surface area is 129 Å². The fourth-order valence-corrected chi connectivity index (χ4v) is 2.78. The van der Waals surface area contributed by atoms with Gasteiger partial charge < -0.3 is 5.32 Å². The van der Waals surface area contributed by atoms with E-state index < -0.39 is 0 Å². The monoisotopic (exact) mass is 332 g/mol. The highest BCUT2D eigenvalue weighted by Crippen LogP contribution is 2.14. The normalized spacial score (nSPS) is 12.3. The zero-order chi connectivity index (χ0) is 14.4. The van der Waals surface area contributed by atoms with Crippen molar-refractivity contribution in [3.8, 4) is 0 Å². The van der Waals surface area contributed by atoms with Crippen molar-refractivity contribution in [3.63, 3.8) is 0 Å². The summed E-state index contributed by atoms with van der Waals surface area (Å²) in [4.78, 5) is 4.24. The summed E-state index contributed by atoms with van der Waals surface area (Å²) in [5, 5.41) is 3.57. The molecule has 0 bridgehead atoms. The second-order valence-electron chi connectivity index (χ2n) is 5.16. The third-order valence-corrected chi connectivity index (χ3v) is 3.77. The minimum Gasteiger partial charge on any atom is -0.314 e. The number of hydrogen-bond donors (Lipinski definition) is 1. The Morgan fingerprint density at radius 2 is 1.80 bits per heavy atom. The Kier molecular flexibility index (Phi) is 5.74. The van der Waals surface area contributed by atoms with Gasteiger partial charge in [-0.15, -0.1) is 0 Å². The fraction of sp³-hybridized carbons (Fsp3) is 0.353. The van der Waals surface area contributed by atoms with E-state index in [0.717, 1.165) is 23.9 Å². The van der Waals surface area contributed by atoms with Gasteiger partial charge in [-0.25, -0.2) is 0 Å². The van der Waals surface area contributed by atoms with Crippen LogP contribution in [0.25, 0.3) is 0 Å². The van der Waals surface area contributed by atoms with Crippen molar-refractivity contribution in [1.29, 1.82) is 0 Å². The molecule has 1 N–H and O–H groups in total. The molecule has 0 amide bonds. The van der Waals surface area contributed by atoms with Gasteiger partial charge >= 0.3 is 0 Å². The molecule has 0 aliphatic heterocycles. The molecule has 2 nitrogen and oxygen atoms in total. The molecule has 2 aromatic rings. The van der Waals surface area contributed by atoms with E-state index in [-0.39, 0.29) is 0 Å². The van der Waals surface area contributed by atoms with E-state index in [0.29, 0.717) is 6.04 Å². The number of likely N-dealkylation sites (N-methyl/N-ethyl adjacent to an activating group) is 1. The van der Waals surface area contributed by atoms with E-state index in [1.54, 1.807) is 0 Å². The third kappa shape index (κ3) is 4.73. The molecule has 106 valence electrons. The molecule has 0 aliphatic carbocycles. The topological polar surface area (TPSA) is 24.9 Å². The van der Waals surface area contributed by atoms with E-state index in [4.69, 9.17) is 0 Å². The van der Waals surface area contributed by atoms with Crippen molar-refractivity contribution in [2.24, 2.45) is 0 Å². The number of aromatic nitrogens is 1. The Morgan fingerprint density at radius 1 is 1.10 bits per heavy atom. The van der Waals surface area contributed by atoms with Crippen molar-refractivity contribution in [2.75, 3.05) is 6.54 Å². The molecule has 1 aromatic heterocycles. The Hall–Kier alpha value is -1.19. The maximum absolute atomic E-state index is 4.24. The van der Waals surface area contributed by atoms with Crippen LogP contribution in [0.2, 0.25) is 0 Å². The van der Waals surface area contributed by atoms with Gasteiger partial charge in [0.15, 0.2) is 0 Å². The van der Waals surface area contributed by atoms with Crippen molar-refractivity contribution >= 4 is 15.9 Å². The lowest BCUT2D eigenvalue weighted by Gasteiger charge is -2.18. The Balaban J connectivity index is 2.05. The van der Waals surface area contributed by atoms with Gasteiger partial charge in [-0.1, -0.05) is 36.8 Å². The summed E-state index contributed by atoms with van der Waals surface area (Å²) in [6, 6.07) is 11.4. The SMILES string of the molecule is CCNC(Cc1ccc(C)cc1)Cc1cncc(Br)c1. The molecule has 3 heteroatoms. The summed E-state index contributed by atoms with van der Waals surface area (Å²) < 4.78 is 1.04. The highest BCUT2D eigenvalue weighted by molar-refractivity contribution is 9.10. The maximum atomic E-state index is 4.24. The highest BCUT2D eigenvalue weighted by Gasteiger charge is 2.10. The predicted octanol–water partition coefficient (Wildman–Crippen LogP) is 3.92. The molecule has 20 heavy (non-hydrogen) atoms. The molecule has 2 rings (SSSR count). The zero-order valence-corrected chi connectivity index (χ0v) is 13.7. The number of nitrogens with one attached hydrogen (secondary N) is 1. The van der Waals surface area contributed by atoms with Gasteiger partial charge in [0.25, 0.3) is 0 Å². The van der Waals surface area contributed by atoms with Gasteiger partial charge in [-0.2, -0.15) is 0 Å². The van der Waals surface area contributed by atoms with E-state index in [1.807, 2.05) is 12.4 Å². The molecular formula is C17H21BrN2. The first-order chi connectivity index (χ1) is 9.67. The van der Waals surface area contributed by atoms with Gasteiger partial charge in [0.2, 0.25) is 0 Å². The molecule has 0 saturated carbocycles. The first-order valence-electron chi connectivity index (χ1n) is 7.05. The molecule has 1 atom stereocenters. The lowest BCUT2D eigenvalue weighted by molar-refractivity contribution is 0.521. The second kappa shape index (κ2) is 7.55. The smallest absolute Gasteiger partial charge is 0.0410 e. The lowest BCUT2D eigenvalue weighted by atomic mass is 9.99. The summed E-state index contributed by atoms with van der Waals surface area (Å²) in [5.41, 5.74) is 3.95. The maximum Gasteiger partial charge on any atom is 0.0410 e. The molecule has 0 spiro atoms. The molecule has 0 fully saturated rings. The van der Waals surface area contributed by atoms with Crippen molar-refractivity contribution in [3.05, 3.63) is 63.9 Å². The van der Waals surface area contributed by atoms with Crippen LogP contribution in [0.1, 0.15) is 23.6 Å². The Bertz CT molecular complexity index is 537. The van der Waals surface area contributed by atoms with Crippen LogP contribution in [0, 0.1) is 6.92 Å². The molecule has 0 aliphatic rings. The summed E-state index contributed by atoms with van der Waals surface area (Å²) in [6.07, 6.45) is 5.81. The van der Waals surface area contributed by atoms with E-state index in [9.17, 15) is 0 Å². The summed E-state index contributed by atoms with van der Waals surface area (Å²) in [6.45, 7) is 5.26. The van der Waals surface area contributed by atoms with Crippen LogP contribution in [0.3, 0.4) is 0 Å². The third-order valence-electron chi connectivity index (χ3n) is 3.34. The minimum atomic E-state index is 0.443. The first-order valence-corrected chi connectivity index (χ1v) is 7.85. The summed E-state index contributed by atoms with van der Waals surface area (Å²) in [5.74, 6) is 0. The standard InChI is InChI=1S/C17H21BrN2/c1-3-20-17(9-14-6-4-13(2)5-7-14)10-15-8-16(18)12-19-11-15/h4-8,11-12,17,20H,3,9-10H2,1-2H3. The van der Waals surface area contributed by atoms with Crippen molar-refractivity contribution in [2.45, 2.75) is 32.7 Å². The van der Waals surface area contributed by atoms with Crippen LogP contribution in [0.15, 0.2) is 47.2 Å². The van der Waals surface area contributed by atoms with Crippen LogP contribution in [0.4, 0.5) is 0 Å². The largest absolute Gasteiger partial charge is 0.314 e. The number of nitrogens with zero attached hydrogens (tertiary/aromatic N) is 1. The number of rotatable bonds is 6. The molecule has 0 radical (unpaired) electrons. The van der Waals surface area contributed by atoms with Crippen molar-refractivity contribution in [1.82, 2.24) is 10.3 Å². The van der Waals surface area contributed by atoms with Crippen LogP contribution in [-0.2, 0) is 12.8 Å². The van der Waals surface area contributed by atoms with Gasteiger partial charge in [0, 0.05) is 22.9 Å². The number of pyridine rings is 1. The number of aryl methyl sites for hydroxylation is 1. The number of hydrogen-bond acceptors (Lipinski definition) is 2. The van der Waals surface area contributed by atoms with Gasteiger partial charge in [-0.3, -0.25) is 4.98 Å². The zero-order valence-electron chi connectivity index (χ0n) is 12.1. The fourth-order valence-electron chi connectivity index (χ4n) is 2.37. The van der Waals surface area contributed by atoms with Crippen LogP contribution < -0.4 is 5.32 Å². The summed E-state index contributed by atoms with van der Waals surface area (Å²) in [7, 11) is 0. The first kappa shape index (κ1) is 15.2. The molecule has 1 unspecified atom stereocenters. The second-order valence-corrected chi connectivity index (χ2v) is 6.08. The van der Waals surface area contributed by atoms with Gasteiger partial charge in [0.1, 0.15) is 0 Å². The van der Waals surface area contributed by atoms with Gasteiger partial charge in [-0.05, 0) is 59.4 Å². The number of halogens is 1. The van der Waals surface area contributed by atoms with Crippen LogP contribution in [0.5, 0.6) is 0 Å². The van der Waals surface area contributed by atoms with Crippen LogP contribution in [-0.4, -0.2) is 17.6 Å². The van der Waals surface area contributed by atoms with Crippen molar-refractivity contribution < 1.29 is 0 Å². The molecule has 1 heterocycles. The summed E-state index contributed by atoms with van der Waals surface area (Å²) >= 11 is 3.48. The molecule has 1 aromatic carbocycles. The van der Waals surface area contributed by atoms with E-state index in [1.165, 1.54) is 16.7 Å². The average Bonchev–Trinajstić information content (AvgIpc) is 2.42. The molecule has 0 saturated heterocycles. The van der Waals surface area contributed by atoms with Crippen LogP contribution >= 0.6 is 15.9 Å². The highest BCUT2D eigenvalue weighted by atomic mass is 79.9. The molecular weight excluding hydrogens is 312 g/mol. The number of benzene rings is 1. The minimum absolute atomic E-state index is 0.443. The average molecular weight is 333 g/mol. The Morgan fingerprint density at radius 3 is 2.45 bits per heavy atom. The predicted molar refractivity (Wildman–Crippen MR) is 88.0 cm³/mol.